The topological polar surface area (TPSA) is 24.9 Å². The SMILES string of the molecule is CNCCCc1cnc(C2CC2)s1. The van der Waals surface area contributed by atoms with Crippen LogP contribution in [0.4, 0.5) is 0 Å². The van der Waals surface area contributed by atoms with Gasteiger partial charge in [0.15, 0.2) is 0 Å². The van der Waals surface area contributed by atoms with E-state index in [-0.39, 0.29) is 0 Å². The minimum absolute atomic E-state index is 0.822. The monoisotopic (exact) mass is 196 g/mol. The molecule has 1 aliphatic carbocycles. The molecule has 0 saturated heterocycles. The summed E-state index contributed by atoms with van der Waals surface area (Å²) >= 11 is 1.92. The highest BCUT2D eigenvalue weighted by molar-refractivity contribution is 7.11. The molecule has 0 unspecified atom stereocenters. The summed E-state index contributed by atoms with van der Waals surface area (Å²) in [6.07, 6.45) is 7.20. The normalized spacial score (nSPS) is 16.4. The van der Waals surface area contributed by atoms with Gasteiger partial charge in [0.25, 0.3) is 0 Å². The average Bonchev–Trinajstić information content (AvgIpc) is 2.88. The Kier molecular flexibility index (Phi) is 2.96. The smallest absolute Gasteiger partial charge is 0.0958 e. The fraction of sp³-hybridized carbons (Fsp3) is 0.700. The van der Waals surface area contributed by atoms with Crippen molar-refractivity contribution in [3.05, 3.63) is 16.1 Å². The van der Waals surface area contributed by atoms with E-state index in [0.29, 0.717) is 0 Å². The van der Waals surface area contributed by atoms with E-state index in [4.69, 9.17) is 0 Å². The minimum atomic E-state index is 0.822. The first-order valence-electron chi connectivity index (χ1n) is 4.99. The third-order valence-corrected chi connectivity index (χ3v) is 3.57. The van der Waals surface area contributed by atoms with Gasteiger partial charge in [-0.2, -0.15) is 0 Å². The number of aromatic nitrogens is 1. The highest BCUT2D eigenvalue weighted by Crippen LogP contribution is 2.41. The summed E-state index contributed by atoms with van der Waals surface area (Å²) in [6.45, 7) is 1.11. The average molecular weight is 196 g/mol. The molecule has 0 bridgehead atoms. The van der Waals surface area contributed by atoms with Crippen molar-refractivity contribution in [1.29, 1.82) is 0 Å². The van der Waals surface area contributed by atoms with E-state index in [0.717, 1.165) is 12.5 Å². The maximum atomic E-state index is 4.46. The Morgan fingerprint density at radius 3 is 3.15 bits per heavy atom. The first kappa shape index (κ1) is 9.16. The molecule has 3 heteroatoms. The highest BCUT2D eigenvalue weighted by atomic mass is 32.1. The van der Waals surface area contributed by atoms with E-state index in [1.54, 1.807) is 0 Å². The molecule has 72 valence electrons. The van der Waals surface area contributed by atoms with Crippen molar-refractivity contribution in [3.8, 4) is 0 Å². The van der Waals surface area contributed by atoms with Gasteiger partial charge in [0.2, 0.25) is 0 Å². The first-order chi connectivity index (χ1) is 6.40. The minimum Gasteiger partial charge on any atom is -0.320 e. The molecule has 1 N–H and O–H groups in total. The van der Waals surface area contributed by atoms with Gasteiger partial charge in [-0.25, -0.2) is 4.98 Å². The molecular weight excluding hydrogens is 180 g/mol. The molecule has 1 fully saturated rings. The number of nitrogens with zero attached hydrogens (tertiary/aromatic N) is 1. The summed E-state index contributed by atoms with van der Waals surface area (Å²) in [4.78, 5) is 5.91. The van der Waals surface area contributed by atoms with E-state index >= 15 is 0 Å². The number of nitrogens with one attached hydrogen (secondary N) is 1. The zero-order valence-corrected chi connectivity index (χ0v) is 8.86. The maximum Gasteiger partial charge on any atom is 0.0958 e. The molecule has 0 aliphatic heterocycles. The Morgan fingerprint density at radius 1 is 1.62 bits per heavy atom. The van der Waals surface area contributed by atoms with Crippen LogP contribution in [0.2, 0.25) is 0 Å². The zero-order chi connectivity index (χ0) is 9.10. The summed E-state index contributed by atoms with van der Waals surface area (Å²) in [6, 6.07) is 0. The third kappa shape index (κ3) is 2.51. The Morgan fingerprint density at radius 2 is 2.46 bits per heavy atom. The van der Waals surface area contributed by atoms with E-state index in [2.05, 4.69) is 16.5 Å². The molecule has 1 saturated carbocycles. The van der Waals surface area contributed by atoms with Crippen LogP contribution < -0.4 is 5.32 Å². The van der Waals surface area contributed by atoms with Crippen LogP contribution in [0, 0.1) is 0 Å². The summed E-state index contributed by atoms with van der Waals surface area (Å²) < 4.78 is 0. The molecule has 1 aromatic rings. The van der Waals surface area contributed by atoms with E-state index in [1.807, 2.05) is 18.4 Å². The Labute approximate surface area is 83.4 Å². The van der Waals surface area contributed by atoms with Gasteiger partial charge in [0, 0.05) is 17.0 Å². The molecule has 1 heterocycles. The van der Waals surface area contributed by atoms with E-state index < -0.39 is 0 Å². The van der Waals surface area contributed by atoms with Crippen LogP contribution in [0.3, 0.4) is 0 Å². The van der Waals surface area contributed by atoms with Crippen LogP contribution in [0.25, 0.3) is 0 Å². The largest absolute Gasteiger partial charge is 0.320 e. The summed E-state index contributed by atoms with van der Waals surface area (Å²) in [5, 5.41) is 4.54. The second-order valence-corrected chi connectivity index (χ2v) is 4.79. The summed E-state index contributed by atoms with van der Waals surface area (Å²) in [5.74, 6) is 0.822. The molecule has 0 spiro atoms. The van der Waals surface area contributed by atoms with Crippen LogP contribution in [-0.4, -0.2) is 18.6 Å². The van der Waals surface area contributed by atoms with Crippen LogP contribution in [0.1, 0.15) is 35.1 Å². The molecule has 2 nitrogen and oxygen atoms in total. The van der Waals surface area contributed by atoms with Gasteiger partial charge >= 0.3 is 0 Å². The van der Waals surface area contributed by atoms with Crippen molar-refractivity contribution in [3.63, 3.8) is 0 Å². The Balaban J connectivity index is 1.82. The lowest BCUT2D eigenvalue weighted by atomic mass is 10.3. The second kappa shape index (κ2) is 4.20. The maximum absolute atomic E-state index is 4.46. The summed E-state index contributed by atoms with van der Waals surface area (Å²) in [5.41, 5.74) is 0. The number of hydrogen-bond acceptors (Lipinski definition) is 3. The number of thiazole rings is 1. The van der Waals surface area contributed by atoms with Gasteiger partial charge < -0.3 is 5.32 Å². The summed E-state index contributed by atoms with van der Waals surface area (Å²) in [7, 11) is 2.00. The molecule has 0 atom stereocenters. The molecule has 0 aromatic carbocycles. The predicted octanol–water partition coefficient (Wildman–Crippen LogP) is 2.17. The number of hydrogen-bond donors (Lipinski definition) is 1. The lowest BCUT2D eigenvalue weighted by Gasteiger charge is -1.95. The fourth-order valence-corrected chi connectivity index (χ4v) is 2.52. The molecular formula is C10H16N2S. The lowest BCUT2D eigenvalue weighted by Crippen LogP contribution is -2.07. The zero-order valence-electron chi connectivity index (χ0n) is 8.05. The van der Waals surface area contributed by atoms with Crippen molar-refractivity contribution < 1.29 is 0 Å². The second-order valence-electron chi connectivity index (χ2n) is 3.65. The van der Waals surface area contributed by atoms with E-state index in [1.165, 1.54) is 35.6 Å². The molecule has 1 aliphatic rings. The van der Waals surface area contributed by atoms with Crippen molar-refractivity contribution in [2.45, 2.75) is 31.6 Å². The molecule has 13 heavy (non-hydrogen) atoms. The Hall–Kier alpha value is -0.410. The third-order valence-electron chi connectivity index (χ3n) is 2.35. The lowest BCUT2D eigenvalue weighted by molar-refractivity contribution is 0.729. The number of rotatable bonds is 5. The van der Waals surface area contributed by atoms with Gasteiger partial charge in [0.1, 0.15) is 0 Å². The van der Waals surface area contributed by atoms with Crippen LogP contribution in [0.15, 0.2) is 6.20 Å². The van der Waals surface area contributed by atoms with Crippen molar-refractivity contribution in [2.24, 2.45) is 0 Å². The van der Waals surface area contributed by atoms with Crippen molar-refractivity contribution in [1.82, 2.24) is 10.3 Å². The predicted molar refractivity (Wildman–Crippen MR) is 56.3 cm³/mol. The van der Waals surface area contributed by atoms with Crippen molar-refractivity contribution in [2.75, 3.05) is 13.6 Å². The van der Waals surface area contributed by atoms with E-state index in [9.17, 15) is 0 Å². The quantitative estimate of drug-likeness (QED) is 0.730. The van der Waals surface area contributed by atoms with Gasteiger partial charge in [0.05, 0.1) is 5.01 Å². The van der Waals surface area contributed by atoms with Gasteiger partial charge in [-0.05, 0) is 39.3 Å². The molecule has 0 radical (unpaired) electrons. The first-order valence-corrected chi connectivity index (χ1v) is 5.81. The number of aryl methyl sites for hydroxylation is 1. The van der Waals surface area contributed by atoms with Crippen LogP contribution >= 0.6 is 11.3 Å². The molecule has 1 aromatic heterocycles. The van der Waals surface area contributed by atoms with Gasteiger partial charge in [-0.3, -0.25) is 0 Å². The van der Waals surface area contributed by atoms with Crippen LogP contribution in [-0.2, 0) is 6.42 Å². The van der Waals surface area contributed by atoms with Gasteiger partial charge in [-0.15, -0.1) is 11.3 Å². The molecule has 2 rings (SSSR count). The van der Waals surface area contributed by atoms with Crippen molar-refractivity contribution >= 4 is 11.3 Å². The van der Waals surface area contributed by atoms with Gasteiger partial charge in [-0.1, -0.05) is 0 Å². The van der Waals surface area contributed by atoms with Crippen LogP contribution in [0.5, 0.6) is 0 Å². The molecule has 0 amide bonds. The highest BCUT2D eigenvalue weighted by Gasteiger charge is 2.26. The fourth-order valence-electron chi connectivity index (χ4n) is 1.40. The Bertz CT molecular complexity index is 266. The standard InChI is InChI=1S/C10H16N2S/c1-11-6-2-3-9-7-12-10(13-9)8-4-5-8/h7-8,11H,2-6H2,1H3.